The van der Waals surface area contributed by atoms with Gasteiger partial charge in [0.1, 0.15) is 0 Å². The van der Waals surface area contributed by atoms with Crippen LogP contribution in [0.5, 0.6) is 0 Å². The Hall–Kier alpha value is -1.73. The van der Waals surface area contributed by atoms with Gasteiger partial charge in [0.25, 0.3) is 21.9 Å². The molecule has 0 spiro atoms. The molecule has 1 atom stereocenters. The lowest BCUT2D eigenvalue weighted by molar-refractivity contribution is 0.0620. The Labute approximate surface area is 117 Å². The molecule has 0 unspecified atom stereocenters. The van der Waals surface area contributed by atoms with Gasteiger partial charge in [0, 0.05) is 6.54 Å². The molecule has 1 aromatic carbocycles. The lowest BCUT2D eigenvalue weighted by Crippen LogP contribution is -2.35. The zero-order valence-corrected chi connectivity index (χ0v) is 12.0. The summed E-state index contributed by atoms with van der Waals surface area (Å²) in [5.74, 6) is -0.972. The Kier molecular flexibility index (Phi) is 3.92. The summed E-state index contributed by atoms with van der Waals surface area (Å²) in [6.07, 6.45) is 0.960. The van der Waals surface area contributed by atoms with E-state index in [4.69, 9.17) is 0 Å². The van der Waals surface area contributed by atoms with Gasteiger partial charge in [0.05, 0.1) is 24.0 Å². The highest BCUT2D eigenvalue weighted by molar-refractivity contribution is 7.85. The zero-order chi connectivity index (χ0) is 14.9. The Morgan fingerprint density at radius 2 is 1.65 bits per heavy atom. The van der Waals surface area contributed by atoms with Gasteiger partial charge in [-0.15, -0.1) is 0 Å². The van der Waals surface area contributed by atoms with Crippen LogP contribution in [0.25, 0.3) is 0 Å². The summed E-state index contributed by atoms with van der Waals surface area (Å²) in [6, 6.07) is 6.61. The summed E-state index contributed by atoms with van der Waals surface area (Å²) in [4.78, 5) is 25.3. The van der Waals surface area contributed by atoms with E-state index in [2.05, 4.69) is 4.18 Å². The van der Waals surface area contributed by atoms with E-state index < -0.39 is 10.1 Å². The van der Waals surface area contributed by atoms with Crippen LogP contribution in [-0.2, 0) is 14.3 Å². The molecule has 7 heteroatoms. The van der Waals surface area contributed by atoms with Crippen LogP contribution in [0.4, 0.5) is 0 Å². The Morgan fingerprint density at radius 3 is 2.10 bits per heavy atom. The van der Waals surface area contributed by atoms with Crippen LogP contribution >= 0.6 is 0 Å². The van der Waals surface area contributed by atoms with Gasteiger partial charge in [-0.1, -0.05) is 19.1 Å². The van der Waals surface area contributed by atoms with Crippen molar-refractivity contribution in [1.82, 2.24) is 4.90 Å². The molecule has 2 amide bonds. The highest BCUT2D eigenvalue weighted by Crippen LogP contribution is 2.23. The van der Waals surface area contributed by atoms with Crippen molar-refractivity contribution in [2.24, 2.45) is 5.92 Å². The smallest absolute Gasteiger partial charge is 0.264 e. The van der Waals surface area contributed by atoms with Crippen LogP contribution in [0.1, 0.15) is 27.6 Å². The first-order valence-corrected chi connectivity index (χ1v) is 7.91. The molecule has 0 aliphatic carbocycles. The fourth-order valence-electron chi connectivity index (χ4n) is 2.01. The number of hydrogen-bond donors (Lipinski definition) is 0. The number of amides is 2. The van der Waals surface area contributed by atoms with Gasteiger partial charge >= 0.3 is 0 Å². The molecule has 1 aliphatic rings. The van der Waals surface area contributed by atoms with Gasteiger partial charge in [-0.05, 0) is 18.1 Å². The van der Waals surface area contributed by atoms with Crippen LogP contribution in [0, 0.1) is 5.92 Å². The average molecular weight is 297 g/mol. The molecular formula is C13H15NO5S. The van der Waals surface area contributed by atoms with Crippen LogP contribution in [0.2, 0.25) is 0 Å². The summed E-state index contributed by atoms with van der Waals surface area (Å²) in [7, 11) is -3.52. The van der Waals surface area contributed by atoms with Crippen molar-refractivity contribution in [2.45, 2.75) is 6.92 Å². The maximum absolute atomic E-state index is 12.1. The lowest BCUT2D eigenvalue weighted by atomic mass is 10.1. The van der Waals surface area contributed by atoms with Crippen molar-refractivity contribution in [3.05, 3.63) is 35.4 Å². The van der Waals surface area contributed by atoms with E-state index in [0.29, 0.717) is 11.1 Å². The van der Waals surface area contributed by atoms with Gasteiger partial charge in [-0.2, -0.15) is 8.42 Å². The summed E-state index contributed by atoms with van der Waals surface area (Å²) < 4.78 is 26.5. The lowest BCUT2D eigenvalue weighted by Gasteiger charge is -2.18. The minimum absolute atomic E-state index is 0.0633. The van der Waals surface area contributed by atoms with Crippen LogP contribution in [0.15, 0.2) is 24.3 Å². The first-order chi connectivity index (χ1) is 9.29. The van der Waals surface area contributed by atoms with Gasteiger partial charge < -0.3 is 0 Å². The molecule has 2 rings (SSSR count). The first kappa shape index (κ1) is 14.7. The van der Waals surface area contributed by atoms with Gasteiger partial charge in [0.2, 0.25) is 0 Å². The van der Waals surface area contributed by atoms with Crippen molar-refractivity contribution in [1.29, 1.82) is 0 Å². The number of carbonyl (C=O) groups is 2. The number of rotatable bonds is 5. The number of fused-ring (bicyclic) bond motifs is 1. The first-order valence-electron chi connectivity index (χ1n) is 6.09. The molecule has 1 heterocycles. The Balaban J connectivity index is 2.05. The van der Waals surface area contributed by atoms with E-state index in [-0.39, 0.29) is 30.9 Å². The Bertz CT molecular complexity index is 617. The third-order valence-corrected chi connectivity index (χ3v) is 3.50. The molecular weight excluding hydrogens is 282 g/mol. The molecule has 0 N–H and O–H groups in total. The number of carbonyl (C=O) groups excluding carboxylic acids is 2. The number of benzene rings is 1. The molecule has 0 saturated carbocycles. The summed E-state index contributed by atoms with van der Waals surface area (Å²) >= 11 is 0. The zero-order valence-electron chi connectivity index (χ0n) is 11.2. The monoisotopic (exact) mass is 297 g/mol. The fourth-order valence-corrected chi connectivity index (χ4v) is 2.49. The highest BCUT2D eigenvalue weighted by Gasteiger charge is 2.35. The molecule has 0 radical (unpaired) electrons. The maximum atomic E-state index is 12.1. The van der Waals surface area contributed by atoms with Crippen molar-refractivity contribution in [3.63, 3.8) is 0 Å². The number of imide groups is 1. The normalized spacial score (nSPS) is 16.4. The Morgan fingerprint density at radius 1 is 1.15 bits per heavy atom. The molecule has 0 saturated heterocycles. The second-order valence-electron chi connectivity index (χ2n) is 4.86. The largest absolute Gasteiger partial charge is 0.274 e. The van der Waals surface area contributed by atoms with Crippen LogP contribution in [0.3, 0.4) is 0 Å². The van der Waals surface area contributed by atoms with Gasteiger partial charge in [0.15, 0.2) is 0 Å². The molecule has 20 heavy (non-hydrogen) atoms. The number of nitrogens with zero attached hydrogens (tertiary/aromatic N) is 1. The third-order valence-electron chi connectivity index (χ3n) is 2.94. The average Bonchev–Trinajstić information content (AvgIpc) is 2.62. The van der Waals surface area contributed by atoms with Crippen molar-refractivity contribution >= 4 is 21.9 Å². The fraction of sp³-hybridized carbons (Fsp3) is 0.385. The highest BCUT2D eigenvalue weighted by atomic mass is 32.2. The summed E-state index contributed by atoms with van der Waals surface area (Å²) in [5.41, 5.74) is 0.766. The molecule has 0 bridgehead atoms. The van der Waals surface area contributed by atoms with Gasteiger partial charge in [-0.25, -0.2) is 0 Å². The predicted octanol–water partition coefficient (Wildman–Crippen LogP) is 0.895. The standard InChI is InChI=1S/C13H15NO5S/c1-9(8-19-20(2,17)18)7-14-12(15)10-5-3-4-6-11(10)13(14)16/h3-6,9H,7-8H2,1-2H3/t9-/m0/s1. The predicted molar refractivity (Wildman–Crippen MR) is 71.8 cm³/mol. The number of hydrogen-bond acceptors (Lipinski definition) is 5. The van der Waals surface area contributed by atoms with E-state index >= 15 is 0 Å². The minimum Gasteiger partial charge on any atom is -0.274 e. The van der Waals surface area contributed by atoms with Crippen molar-refractivity contribution in [2.75, 3.05) is 19.4 Å². The van der Waals surface area contributed by atoms with E-state index in [1.807, 2.05) is 0 Å². The minimum atomic E-state index is -3.52. The van der Waals surface area contributed by atoms with E-state index in [0.717, 1.165) is 11.2 Å². The van der Waals surface area contributed by atoms with E-state index in [1.165, 1.54) is 0 Å². The molecule has 0 aromatic heterocycles. The third kappa shape index (κ3) is 3.05. The van der Waals surface area contributed by atoms with Crippen molar-refractivity contribution in [3.8, 4) is 0 Å². The van der Waals surface area contributed by atoms with Crippen LogP contribution < -0.4 is 0 Å². The molecule has 1 aromatic rings. The van der Waals surface area contributed by atoms with E-state index in [9.17, 15) is 18.0 Å². The molecule has 108 valence electrons. The summed E-state index contributed by atoms with van der Waals surface area (Å²) in [6.45, 7) is 1.78. The van der Waals surface area contributed by atoms with Crippen molar-refractivity contribution < 1.29 is 22.2 Å². The van der Waals surface area contributed by atoms with Crippen LogP contribution in [-0.4, -0.2) is 44.5 Å². The second kappa shape index (κ2) is 5.34. The SMILES string of the molecule is C[C@H](COS(C)(=O)=O)CN1C(=O)c2ccccc2C1=O. The van der Waals surface area contributed by atoms with Gasteiger partial charge in [-0.3, -0.25) is 18.7 Å². The quantitative estimate of drug-likeness (QED) is 0.595. The topological polar surface area (TPSA) is 80.8 Å². The second-order valence-corrected chi connectivity index (χ2v) is 6.50. The maximum Gasteiger partial charge on any atom is 0.264 e. The molecule has 6 nitrogen and oxygen atoms in total. The molecule has 1 aliphatic heterocycles. The molecule has 0 fully saturated rings. The van der Waals surface area contributed by atoms with E-state index in [1.54, 1.807) is 31.2 Å². The summed E-state index contributed by atoms with van der Waals surface area (Å²) in [5, 5.41) is 0.